The maximum absolute atomic E-state index is 14.8. The van der Waals surface area contributed by atoms with E-state index in [0.29, 0.717) is 32.8 Å². The molecule has 1 saturated carbocycles. The number of aromatic nitrogens is 6. The van der Waals surface area contributed by atoms with Gasteiger partial charge >= 0.3 is 12.6 Å². The quantitative estimate of drug-likeness (QED) is 0.196. The Kier molecular flexibility index (Phi) is 8.43. The van der Waals surface area contributed by atoms with Crippen LogP contribution in [0.2, 0.25) is 5.02 Å². The van der Waals surface area contributed by atoms with Gasteiger partial charge in [0, 0.05) is 23.5 Å². The van der Waals surface area contributed by atoms with Crippen LogP contribution in [0.25, 0.3) is 16.8 Å². The topological polar surface area (TPSA) is 156 Å². The Morgan fingerprint density at radius 3 is 2.50 bits per heavy atom. The van der Waals surface area contributed by atoms with Gasteiger partial charge in [0.2, 0.25) is 0 Å². The molecule has 4 heterocycles. The number of alkyl halides is 2. The van der Waals surface area contributed by atoms with Gasteiger partial charge in [-0.25, -0.2) is 19.1 Å². The molecule has 0 unspecified atom stereocenters. The Morgan fingerprint density at radius 2 is 1.90 bits per heavy atom. The molecule has 4 aromatic rings. The lowest BCUT2D eigenvalue weighted by molar-refractivity contribution is -0.135. The smallest absolute Gasteiger partial charge is 0.407 e. The number of carbonyl (C=O) groups is 2. The Bertz CT molecular complexity index is 1840. The lowest BCUT2D eigenvalue weighted by atomic mass is 9.75. The van der Waals surface area contributed by atoms with E-state index in [0.717, 1.165) is 12.8 Å². The summed E-state index contributed by atoms with van der Waals surface area (Å²) in [7, 11) is 0. The van der Waals surface area contributed by atoms with Crippen LogP contribution in [0, 0.1) is 10.8 Å². The highest BCUT2D eigenvalue weighted by Gasteiger charge is 2.55. The molecule has 1 aromatic carbocycles. The third kappa shape index (κ3) is 6.59. The second-order valence-electron chi connectivity index (χ2n) is 13.6. The molecule has 16 heteroatoms. The van der Waals surface area contributed by atoms with E-state index >= 15 is 0 Å². The highest BCUT2D eigenvalue weighted by molar-refractivity contribution is 6.32. The number of carbonyl (C=O) groups excluding carboxylic acids is 2. The predicted molar refractivity (Wildman–Crippen MR) is 171 cm³/mol. The predicted octanol–water partition coefficient (Wildman–Crippen LogP) is 5.59. The van der Waals surface area contributed by atoms with Crippen molar-refractivity contribution in [3.05, 3.63) is 77.9 Å². The van der Waals surface area contributed by atoms with Gasteiger partial charge in [-0.3, -0.25) is 20.1 Å². The molecule has 1 aliphatic heterocycles. The number of amides is 2. The number of alkyl carbamates (subject to hydrolysis) is 1. The van der Waals surface area contributed by atoms with Gasteiger partial charge in [-0.2, -0.15) is 19.0 Å². The minimum absolute atomic E-state index is 0.214. The second-order valence-corrected chi connectivity index (χ2v) is 14.0. The minimum atomic E-state index is -2.77. The van der Waals surface area contributed by atoms with Crippen molar-refractivity contribution in [1.29, 1.82) is 5.41 Å². The summed E-state index contributed by atoms with van der Waals surface area (Å²) in [6, 6.07) is 7.51. The van der Waals surface area contributed by atoms with Gasteiger partial charge < -0.3 is 15.4 Å². The molecule has 252 valence electrons. The van der Waals surface area contributed by atoms with E-state index in [1.165, 1.54) is 40.8 Å². The molecule has 0 radical (unpaired) electrons. The number of guanidine groups is 1. The zero-order chi connectivity index (χ0) is 34.4. The zero-order valence-corrected chi connectivity index (χ0v) is 27.5. The first-order valence-corrected chi connectivity index (χ1v) is 15.6. The molecule has 13 nitrogen and oxygen atoms in total. The van der Waals surface area contributed by atoms with Gasteiger partial charge in [-0.05, 0) is 48.8 Å². The standard InChI is InChI=1S/C32H35ClF2N10O3/c1-30(2,3)16-32(21-7-5-19(6-8-21)20-12-39-43(14-20)27(34)35)26(46)45(28(36)41-32)25(15-48-29(47)42-31(4)9-10-31)23-11-24(22(33)13-38-23)44-18-37-17-40-44/h5-8,11-14,17-18,25,27H,9-10,15-16H2,1-4H3,(H2,36,41)(H,42,47)/t25-,32-/m1/s1. The van der Waals surface area contributed by atoms with E-state index in [1.807, 2.05) is 27.7 Å². The van der Waals surface area contributed by atoms with Crippen LogP contribution in [0.3, 0.4) is 0 Å². The molecule has 1 aliphatic carbocycles. The van der Waals surface area contributed by atoms with Crippen LogP contribution in [0.5, 0.6) is 0 Å². The number of ether oxygens (including phenoxy) is 1. The summed E-state index contributed by atoms with van der Waals surface area (Å²) in [6.07, 6.45) is 8.09. The van der Waals surface area contributed by atoms with Gasteiger partial charge in [0.05, 0.1) is 22.6 Å². The average molecular weight is 681 g/mol. The van der Waals surface area contributed by atoms with E-state index in [2.05, 4.69) is 30.8 Å². The summed E-state index contributed by atoms with van der Waals surface area (Å²) in [4.78, 5) is 37.4. The van der Waals surface area contributed by atoms with Crippen LogP contribution in [-0.4, -0.2) is 64.5 Å². The van der Waals surface area contributed by atoms with Gasteiger partial charge in [-0.15, -0.1) is 0 Å². The lowest BCUT2D eigenvalue weighted by Crippen LogP contribution is -2.47. The van der Waals surface area contributed by atoms with Crippen molar-refractivity contribution in [3.63, 3.8) is 0 Å². The van der Waals surface area contributed by atoms with E-state index in [-0.39, 0.29) is 29.5 Å². The van der Waals surface area contributed by atoms with Crippen LogP contribution < -0.4 is 10.6 Å². The maximum Gasteiger partial charge on any atom is 0.407 e. The third-order valence-electron chi connectivity index (χ3n) is 8.42. The molecule has 2 atom stereocenters. The van der Waals surface area contributed by atoms with Crippen molar-refractivity contribution in [2.24, 2.45) is 5.41 Å². The Labute approximate surface area is 280 Å². The van der Waals surface area contributed by atoms with Crippen molar-refractivity contribution >= 4 is 29.6 Å². The van der Waals surface area contributed by atoms with Crippen molar-refractivity contribution in [2.45, 2.75) is 70.6 Å². The van der Waals surface area contributed by atoms with Gasteiger partial charge in [0.1, 0.15) is 30.8 Å². The zero-order valence-electron chi connectivity index (χ0n) is 26.7. The molecular formula is C32H35ClF2N10O3. The number of nitrogens with one attached hydrogen (secondary N) is 3. The van der Waals surface area contributed by atoms with Crippen LogP contribution in [0.15, 0.2) is 61.6 Å². The van der Waals surface area contributed by atoms with E-state index in [4.69, 9.17) is 21.7 Å². The molecule has 0 spiro atoms. The Balaban J connectivity index is 1.38. The first-order valence-electron chi connectivity index (χ1n) is 15.3. The number of pyridine rings is 1. The number of halogens is 3. The molecule has 0 bridgehead atoms. The second kappa shape index (κ2) is 12.3. The molecule has 48 heavy (non-hydrogen) atoms. The van der Waals surface area contributed by atoms with Crippen molar-refractivity contribution in [1.82, 2.24) is 45.1 Å². The summed E-state index contributed by atoms with van der Waals surface area (Å²) in [5.74, 6) is -0.670. The SMILES string of the molecule is CC(C)(C)C[C@]1(c2ccc(-c3cnn(C(F)F)c3)cc2)NC(=N)N([C@H](COC(=O)NC2(C)CC2)c2cc(-n3cncn3)c(Cl)cn2)C1=O. The third-order valence-corrected chi connectivity index (χ3v) is 8.71. The lowest BCUT2D eigenvalue weighted by Gasteiger charge is -2.35. The molecule has 2 aliphatic rings. The Morgan fingerprint density at radius 1 is 1.17 bits per heavy atom. The summed E-state index contributed by atoms with van der Waals surface area (Å²) in [6.45, 7) is 4.78. The van der Waals surface area contributed by atoms with Gasteiger partial charge in [-0.1, -0.05) is 56.6 Å². The van der Waals surface area contributed by atoms with Crippen molar-refractivity contribution in [2.75, 3.05) is 6.61 Å². The van der Waals surface area contributed by atoms with Crippen LogP contribution in [-0.2, 0) is 15.1 Å². The monoisotopic (exact) mass is 680 g/mol. The van der Waals surface area contributed by atoms with E-state index < -0.39 is 35.5 Å². The van der Waals surface area contributed by atoms with Gasteiger partial charge in [0.15, 0.2) is 5.96 Å². The highest BCUT2D eigenvalue weighted by Crippen LogP contribution is 2.43. The summed E-state index contributed by atoms with van der Waals surface area (Å²) in [5.41, 5.74) is 0.261. The molecule has 3 aromatic heterocycles. The number of benzene rings is 1. The van der Waals surface area contributed by atoms with Crippen LogP contribution >= 0.6 is 11.6 Å². The minimum Gasteiger partial charge on any atom is -0.447 e. The molecule has 1 saturated heterocycles. The fraction of sp³-hybridized carbons (Fsp3) is 0.406. The maximum atomic E-state index is 14.8. The summed E-state index contributed by atoms with van der Waals surface area (Å²) in [5, 5.41) is 23.3. The first-order chi connectivity index (χ1) is 22.7. The Hall–Kier alpha value is -4.92. The molecule has 3 N–H and O–H groups in total. The normalized spacial score (nSPS) is 19.4. The van der Waals surface area contributed by atoms with Crippen molar-refractivity contribution < 1.29 is 23.1 Å². The summed E-state index contributed by atoms with van der Waals surface area (Å²) >= 11 is 6.46. The largest absolute Gasteiger partial charge is 0.447 e. The summed E-state index contributed by atoms with van der Waals surface area (Å²) < 4.78 is 34.0. The molecule has 2 fully saturated rings. The fourth-order valence-electron chi connectivity index (χ4n) is 5.85. The highest BCUT2D eigenvalue weighted by atomic mass is 35.5. The number of hydrogen-bond acceptors (Lipinski definition) is 8. The molecule has 2 amide bonds. The van der Waals surface area contributed by atoms with Crippen LogP contribution in [0.4, 0.5) is 13.6 Å². The number of rotatable bonds is 10. The fourth-order valence-corrected chi connectivity index (χ4v) is 6.04. The number of hydrogen-bond donors (Lipinski definition) is 3. The number of nitrogens with zero attached hydrogens (tertiary/aromatic N) is 7. The van der Waals surface area contributed by atoms with Crippen molar-refractivity contribution in [3.8, 4) is 16.8 Å². The average Bonchev–Trinajstić information content (AvgIpc) is 3.42. The molecular weight excluding hydrogens is 646 g/mol. The van der Waals surface area contributed by atoms with Gasteiger partial charge in [0.25, 0.3) is 5.91 Å². The van der Waals surface area contributed by atoms with E-state index in [1.54, 1.807) is 30.3 Å². The van der Waals surface area contributed by atoms with Crippen LogP contribution in [0.1, 0.15) is 70.8 Å². The molecule has 6 rings (SSSR count). The first kappa shape index (κ1) is 33.0. The van der Waals surface area contributed by atoms with E-state index in [9.17, 15) is 18.4 Å².